The van der Waals surface area contributed by atoms with Crippen LogP contribution >= 0.6 is 15.9 Å². The highest BCUT2D eigenvalue weighted by Gasteiger charge is 2.12. The number of nitrogens with one attached hydrogen (secondary N) is 1. The molecule has 0 saturated carbocycles. The molecule has 4 nitrogen and oxygen atoms in total. The van der Waals surface area contributed by atoms with Crippen LogP contribution in [0.4, 0.5) is 0 Å². The molecule has 0 aliphatic heterocycles. The fourth-order valence-corrected chi connectivity index (χ4v) is 2.44. The van der Waals surface area contributed by atoms with Crippen molar-refractivity contribution < 1.29 is 14.2 Å². The molecular weight excluding hydrogens is 322 g/mol. The zero-order valence-electron chi connectivity index (χ0n) is 12.6. The minimum Gasteiger partial charge on any atom is -0.496 e. The van der Waals surface area contributed by atoms with Crippen molar-refractivity contribution in [3.05, 3.63) is 28.2 Å². The van der Waals surface area contributed by atoms with Crippen molar-refractivity contribution in [3.8, 4) is 5.75 Å². The number of benzene rings is 1. The van der Waals surface area contributed by atoms with Gasteiger partial charge in [0, 0.05) is 25.8 Å². The first-order chi connectivity index (χ1) is 9.62. The molecule has 0 aliphatic carbocycles. The summed E-state index contributed by atoms with van der Waals surface area (Å²) in [5.74, 6) is 0.836. The van der Waals surface area contributed by atoms with E-state index in [0.717, 1.165) is 10.2 Å². The van der Waals surface area contributed by atoms with Crippen LogP contribution < -0.4 is 10.1 Å². The van der Waals surface area contributed by atoms with E-state index in [1.54, 1.807) is 7.11 Å². The van der Waals surface area contributed by atoms with E-state index in [-0.39, 0.29) is 12.3 Å². The van der Waals surface area contributed by atoms with Gasteiger partial charge in [-0.15, -0.1) is 0 Å². The first-order valence-corrected chi connectivity index (χ1v) is 7.71. The molecule has 0 heterocycles. The van der Waals surface area contributed by atoms with Crippen molar-refractivity contribution in [2.24, 2.45) is 0 Å². The molecule has 0 bridgehead atoms. The Bertz CT molecular complexity index is 395. The van der Waals surface area contributed by atoms with Crippen LogP contribution in [0.15, 0.2) is 22.7 Å². The van der Waals surface area contributed by atoms with Crippen molar-refractivity contribution >= 4 is 15.9 Å². The second-order valence-electron chi connectivity index (χ2n) is 4.36. The molecule has 5 heteroatoms. The van der Waals surface area contributed by atoms with E-state index in [4.69, 9.17) is 14.2 Å². The van der Waals surface area contributed by atoms with Crippen LogP contribution in [-0.2, 0) is 9.47 Å². The minimum atomic E-state index is -0.200. The topological polar surface area (TPSA) is 39.7 Å². The molecule has 0 amide bonds. The Morgan fingerprint density at radius 3 is 2.35 bits per heavy atom. The standard InChI is InChI=1S/C15H24BrNO3/c1-5-19-15(20-6-2)10-17-11(3)12-7-8-14(18-4)13(16)9-12/h7-9,11,15,17H,5-6,10H2,1-4H3. The van der Waals surface area contributed by atoms with E-state index in [1.165, 1.54) is 5.56 Å². The fraction of sp³-hybridized carbons (Fsp3) is 0.600. The maximum absolute atomic E-state index is 5.51. The van der Waals surface area contributed by atoms with Gasteiger partial charge in [0.05, 0.1) is 11.6 Å². The maximum atomic E-state index is 5.51. The molecule has 0 spiro atoms. The maximum Gasteiger partial charge on any atom is 0.169 e. The van der Waals surface area contributed by atoms with Gasteiger partial charge in [-0.3, -0.25) is 0 Å². The van der Waals surface area contributed by atoms with E-state index in [1.807, 2.05) is 19.9 Å². The van der Waals surface area contributed by atoms with Crippen LogP contribution in [-0.4, -0.2) is 33.2 Å². The average Bonchev–Trinajstić information content (AvgIpc) is 2.44. The van der Waals surface area contributed by atoms with E-state index >= 15 is 0 Å². The Labute approximate surface area is 129 Å². The van der Waals surface area contributed by atoms with Gasteiger partial charge in [0.25, 0.3) is 0 Å². The number of hydrogen-bond donors (Lipinski definition) is 1. The summed E-state index contributed by atoms with van der Waals surface area (Å²) in [5.41, 5.74) is 1.18. The monoisotopic (exact) mass is 345 g/mol. The summed E-state index contributed by atoms with van der Waals surface area (Å²) in [4.78, 5) is 0. The average molecular weight is 346 g/mol. The Balaban J connectivity index is 2.57. The highest BCUT2D eigenvalue weighted by molar-refractivity contribution is 9.10. The van der Waals surface area contributed by atoms with Crippen LogP contribution in [0.25, 0.3) is 0 Å². The molecule has 0 saturated heterocycles. The molecular formula is C15H24BrNO3. The van der Waals surface area contributed by atoms with Gasteiger partial charge in [-0.25, -0.2) is 0 Å². The van der Waals surface area contributed by atoms with Gasteiger partial charge in [-0.2, -0.15) is 0 Å². The summed E-state index contributed by atoms with van der Waals surface area (Å²) >= 11 is 3.50. The molecule has 20 heavy (non-hydrogen) atoms. The SMILES string of the molecule is CCOC(CNC(C)c1ccc(OC)c(Br)c1)OCC. The molecule has 114 valence electrons. The molecule has 0 radical (unpaired) electrons. The molecule has 1 rings (SSSR count). The summed E-state index contributed by atoms with van der Waals surface area (Å²) < 4.78 is 17.2. The molecule has 1 N–H and O–H groups in total. The van der Waals surface area contributed by atoms with Gasteiger partial charge >= 0.3 is 0 Å². The predicted octanol–water partition coefficient (Wildman–Crippen LogP) is 3.51. The van der Waals surface area contributed by atoms with Crippen molar-refractivity contribution in [3.63, 3.8) is 0 Å². The lowest BCUT2D eigenvalue weighted by molar-refractivity contribution is -0.133. The molecule has 1 atom stereocenters. The van der Waals surface area contributed by atoms with Crippen molar-refractivity contribution in [2.45, 2.75) is 33.1 Å². The third kappa shape index (κ3) is 5.40. The number of hydrogen-bond acceptors (Lipinski definition) is 4. The van der Waals surface area contributed by atoms with Crippen molar-refractivity contribution in [2.75, 3.05) is 26.9 Å². The first-order valence-electron chi connectivity index (χ1n) is 6.92. The fourth-order valence-electron chi connectivity index (χ4n) is 1.88. The molecule has 1 aromatic carbocycles. The predicted molar refractivity (Wildman–Crippen MR) is 84.2 cm³/mol. The van der Waals surface area contributed by atoms with Crippen LogP contribution in [0.5, 0.6) is 5.75 Å². The number of rotatable bonds is 9. The normalized spacial score (nSPS) is 12.7. The minimum absolute atomic E-state index is 0.200. The third-order valence-corrected chi connectivity index (χ3v) is 3.59. The Morgan fingerprint density at radius 1 is 1.20 bits per heavy atom. The molecule has 0 aromatic heterocycles. The molecule has 0 aliphatic rings. The van der Waals surface area contributed by atoms with Gasteiger partial charge < -0.3 is 19.5 Å². The van der Waals surface area contributed by atoms with Crippen LogP contribution in [0.2, 0.25) is 0 Å². The Hall–Kier alpha value is -0.620. The summed E-state index contributed by atoms with van der Waals surface area (Å²) in [7, 11) is 1.66. The number of methoxy groups -OCH3 is 1. The van der Waals surface area contributed by atoms with Crippen molar-refractivity contribution in [1.82, 2.24) is 5.32 Å². The van der Waals surface area contributed by atoms with Crippen LogP contribution in [0, 0.1) is 0 Å². The van der Waals surface area contributed by atoms with Crippen LogP contribution in [0.3, 0.4) is 0 Å². The lowest BCUT2D eigenvalue weighted by Gasteiger charge is -2.21. The van der Waals surface area contributed by atoms with Gasteiger partial charge in [0.15, 0.2) is 6.29 Å². The smallest absolute Gasteiger partial charge is 0.169 e. The lowest BCUT2D eigenvalue weighted by atomic mass is 10.1. The number of ether oxygens (including phenoxy) is 3. The lowest BCUT2D eigenvalue weighted by Crippen LogP contribution is -2.33. The molecule has 1 aromatic rings. The highest BCUT2D eigenvalue weighted by Crippen LogP contribution is 2.27. The zero-order valence-corrected chi connectivity index (χ0v) is 14.2. The number of halogens is 1. The van der Waals surface area contributed by atoms with Gasteiger partial charge in [-0.1, -0.05) is 6.07 Å². The third-order valence-electron chi connectivity index (χ3n) is 2.97. The zero-order chi connectivity index (χ0) is 15.0. The summed E-state index contributed by atoms with van der Waals surface area (Å²) in [6.07, 6.45) is -0.200. The second-order valence-corrected chi connectivity index (χ2v) is 5.22. The Kier molecular flexibility index (Phi) is 8.14. The highest BCUT2D eigenvalue weighted by atomic mass is 79.9. The second kappa shape index (κ2) is 9.34. The first kappa shape index (κ1) is 17.4. The molecule has 0 fully saturated rings. The summed E-state index contributed by atoms with van der Waals surface area (Å²) in [6, 6.07) is 6.28. The van der Waals surface area contributed by atoms with Crippen molar-refractivity contribution in [1.29, 1.82) is 0 Å². The van der Waals surface area contributed by atoms with Gasteiger partial charge in [-0.05, 0) is 54.4 Å². The van der Waals surface area contributed by atoms with Crippen LogP contribution in [0.1, 0.15) is 32.4 Å². The largest absolute Gasteiger partial charge is 0.496 e. The van der Waals surface area contributed by atoms with Gasteiger partial charge in [0.1, 0.15) is 5.75 Å². The quantitative estimate of drug-likeness (QED) is 0.695. The summed E-state index contributed by atoms with van der Waals surface area (Å²) in [6.45, 7) is 8.01. The molecule has 1 unspecified atom stereocenters. The summed E-state index contributed by atoms with van der Waals surface area (Å²) in [5, 5.41) is 3.42. The van der Waals surface area contributed by atoms with Gasteiger partial charge in [0.2, 0.25) is 0 Å². The Morgan fingerprint density at radius 2 is 1.85 bits per heavy atom. The van der Waals surface area contributed by atoms with E-state index in [0.29, 0.717) is 19.8 Å². The van der Waals surface area contributed by atoms with E-state index in [9.17, 15) is 0 Å². The van der Waals surface area contributed by atoms with E-state index in [2.05, 4.69) is 40.3 Å². The van der Waals surface area contributed by atoms with E-state index < -0.39 is 0 Å².